The van der Waals surface area contributed by atoms with Crippen molar-refractivity contribution in [2.24, 2.45) is 0 Å². The van der Waals surface area contributed by atoms with Gasteiger partial charge >= 0.3 is 0 Å². The molecule has 1 aromatic carbocycles. The molecule has 1 aliphatic heterocycles. The lowest BCUT2D eigenvalue weighted by Crippen LogP contribution is -2.48. The van der Waals surface area contributed by atoms with Gasteiger partial charge in [0, 0.05) is 24.3 Å². The third kappa shape index (κ3) is 3.97. The Morgan fingerprint density at radius 1 is 1.19 bits per heavy atom. The number of nitrogen functional groups attached to an aromatic ring is 1. The van der Waals surface area contributed by atoms with Crippen LogP contribution in [-0.4, -0.2) is 35.8 Å². The lowest BCUT2D eigenvalue weighted by molar-refractivity contribution is -0.133. The van der Waals surface area contributed by atoms with E-state index in [2.05, 4.69) is 5.32 Å². The number of likely N-dealkylation sites (tertiary alicyclic amines) is 1. The van der Waals surface area contributed by atoms with Crippen LogP contribution in [0.25, 0.3) is 0 Å². The van der Waals surface area contributed by atoms with Crippen LogP contribution >= 0.6 is 0 Å². The Hall–Kier alpha value is -2.04. The van der Waals surface area contributed by atoms with E-state index in [0.29, 0.717) is 11.3 Å². The molecule has 2 amide bonds. The van der Waals surface area contributed by atoms with Gasteiger partial charge in [0.2, 0.25) is 5.91 Å². The second-order valence-electron chi connectivity index (χ2n) is 5.71. The molecule has 0 radical (unpaired) electrons. The predicted molar refractivity (Wildman–Crippen MR) is 83.0 cm³/mol. The summed E-state index contributed by atoms with van der Waals surface area (Å²) in [5.41, 5.74) is 7.72. The van der Waals surface area contributed by atoms with Crippen molar-refractivity contribution in [2.45, 2.75) is 39.2 Å². The minimum absolute atomic E-state index is 0.0105. The fourth-order valence-corrected chi connectivity index (χ4v) is 2.67. The van der Waals surface area contributed by atoms with E-state index >= 15 is 0 Å². The highest BCUT2D eigenvalue weighted by Gasteiger charge is 2.23. The van der Waals surface area contributed by atoms with Crippen molar-refractivity contribution in [1.82, 2.24) is 10.2 Å². The van der Waals surface area contributed by atoms with Gasteiger partial charge in [0.05, 0.1) is 0 Å². The summed E-state index contributed by atoms with van der Waals surface area (Å²) in [5.74, 6) is -0.271. The summed E-state index contributed by atoms with van der Waals surface area (Å²) in [4.78, 5) is 26.3. The molecule has 1 fully saturated rings. The fraction of sp³-hybridized carbons (Fsp3) is 0.500. The number of nitrogens with zero attached hydrogens (tertiary/aromatic N) is 1. The smallest absolute Gasteiger partial charge is 0.252 e. The largest absolute Gasteiger partial charge is 0.399 e. The number of aryl methyl sites for hydroxylation is 1. The van der Waals surface area contributed by atoms with Crippen molar-refractivity contribution in [2.75, 3.05) is 18.8 Å². The van der Waals surface area contributed by atoms with E-state index in [0.717, 1.165) is 31.5 Å². The number of anilines is 1. The number of hydrogen-bond donors (Lipinski definition) is 2. The first-order valence-corrected chi connectivity index (χ1v) is 7.44. The number of amides is 2. The average molecular weight is 289 g/mol. The maximum absolute atomic E-state index is 12.3. The summed E-state index contributed by atoms with van der Waals surface area (Å²) in [6.45, 7) is 5.19. The van der Waals surface area contributed by atoms with Crippen LogP contribution in [0.1, 0.15) is 42.1 Å². The predicted octanol–water partition coefficient (Wildman–Crippen LogP) is 1.71. The number of hydrogen-bond acceptors (Lipinski definition) is 3. The molecule has 1 unspecified atom stereocenters. The van der Waals surface area contributed by atoms with Crippen molar-refractivity contribution in [1.29, 1.82) is 0 Å². The van der Waals surface area contributed by atoms with Crippen molar-refractivity contribution in [3.63, 3.8) is 0 Å². The molecule has 5 heteroatoms. The second kappa shape index (κ2) is 6.61. The van der Waals surface area contributed by atoms with Gasteiger partial charge < -0.3 is 16.0 Å². The third-order valence-corrected chi connectivity index (χ3v) is 3.75. The summed E-state index contributed by atoms with van der Waals surface area (Å²) < 4.78 is 0. The Morgan fingerprint density at radius 3 is 2.48 bits per heavy atom. The van der Waals surface area contributed by atoms with E-state index in [-0.39, 0.29) is 11.8 Å². The molecule has 1 aromatic rings. The summed E-state index contributed by atoms with van der Waals surface area (Å²) in [6.07, 6.45) is 3.26. The molecule has 21 heavy (non-hydrogen) atoms. The van der Waals surface area contributed by atoms with E-state index in [1.54, 1.807) is 25.1 Å². The monoisotopic (exact) mass is 289 g/mol. The Morgan fingerprint density at radius 2 is 1.86 bits per heavy atom. The first kappa shape index (κ1) is 15.4. The molecule has 1 saturated heterocycles. The van der Waals surface area contributed by atoms with E-state index in [1.807, 2.05) is 11.8 Å². The summed E-state index contributed by atoms with van der Waals surface area (Å²) in [7, 11) is 0. The molecule has 114 valence electrons. The maximum Gasteiger partial charge on any atom is 0.252 e. The van der Waals surface area contributed by atoms with Gasteiger partial charge in [0.25, 0.3) is 5.91 Å². The van der Waals surface area contributed by atoms with Gasteiger partial charge in [-0.25, -0.2) is 0 Å². The van der Waals surface area contributed by atoms with Gasteiger partial charge in [-0.1, -0.05) is 0 Å². The SMILES string of the molecule is Cc1cc(N)cc(C(=O)NC(C)C(=O)N2CCCCC2)c1. The highest BCUT2D eigenvalue weighted by atomic mass is 16.2. The molecule has 0 aliphatic carbocycles. The molecule has 0 aromatic heterocycles. The summed E-state index contributed by atoms with van der Waals surface area (Å²) in [5, 5.41) is 2.76. The molecule has 2 rings (SSSR count). The number of piperidine rings is 1. The molecule has 1 heterocycles. The number of rotatable bonds is 3. The van der Waals surface area contributed by atoms with Crippen LogP contribution in [0.15, 0.2) is 18.2 Å². The van der Waals surface area contributed by atoms with Gasteiger partial charge in [0.15, 0.2) is 0 Å². The van der Waals surface area contributed by atoms with Gasteiger partial charge in [-0.3, -0.25) is 9.59 Å². The van der Waals surface area contributed by atoms with Crippen LogP contribution in [0, 0.1) is 6.92 Å². The minimum atomic E-state index is -0.516. The molecule has 3 N–H and O–H groups in total. The minimum Gasteiger partial charge on any atom is -0.399 e. The van der Waals surface area contributed by atoms with Gasteiger partial charge in [0.1, 0.15) is 6.04 Å². The van der Waals surface area contributed by atoms with Gasteiger partial charge in [-0.05, 0) is 56.9 Å². The first-order valence-electron chi connectivity index (χ1n) is 7.44. The van der Waals surface area contributed by atoms with E-state index in [4.69, 9.17) is 5.73 Å². The first-order chi connectivity index (χ1) is 9.97. The molecular formula is C16H23N3O2. The fourth-order valence-electron chi connectivity index (χ4n) is 2.67. The normalized spacial score (nSPS) is 16.4. The number of carbonyl (C=O) groups excluding carboxylic acids is 2. The van der Waals surface area contributed by atoms with E-state index < -0.39 is 6.04 Å². The van der Waals surface area contributed by atoms with Crippen molar-refractivity contribution >= 4 is 17.5 Å². The zero-order valence-electron chi connectivity index (χ0n) is 12.7. The zero-order valence-corrected chi connectivity index (χ0v) is 12.7. The summed E-state index contributed by atoms with van der Waals surface area (Å²) >= 11 is 0. The lowest BCUT2D eigenvalue weighted by atomic mass is 10.1. The number of nitrogens with one attached hydrogen (secondary N) is 1. The lowest BCUT2D eigenvalue weighted by Gasteiger charge is -2.29. The van der Waals surface area contributed by atoms with Crippen LogP contribution in [0.5, 0.6) is 0 Å². The molecule has 0 bridgehead atoms. The molecule has 0 spiro atoms. The Bertz CT molecular complexity index is 516. The zero-order chi connectivity index (χ0) is 15.4. The second-order valence-corrected chi connectivity index (χ2v) is 5.71. The number of nitrogens with two attached hydrogens (primary N) is 1. The maximum atomic E-state index is 12.3. The quantitative estimate of drug-likeness (QED) is 0.832. The topological polar surface area (TPSA) is 75.4 Å². The van der Waals surface area contributed by atoms with E-state index in [1.165, 1.54) is 6.42 Å². The molecule has 1 atom stereocenters. The van der Waals surface area contributed by atoms with Crippen LogP contribution < -0.4 is 11.1 Å². The standard InChI is InChI=1S/C16H23N3O2/c1-11-8-13(10-14(17)9-11)15(20)18-12(2)16(21)19-6-4-3-5-7-19/h8-10,12H,3-7,17H2,1-2H3,(H,18,20). The van der Waals surface area contributed by atoms with Crippen LogP contribution in [0.3, 0.4) is 0 Å². The van der Waals surface area contributed by atoms with Crippen LogP contribution in [-0.2, 0) is 4.79 Å². The molecule has 5 nitrogen and oxygen atoms in total. The van der Waals surface area contributed by atoms with Crippen molar-refractivity contribution in [3.05, 3.63) is 29.3 Å². The van der Waals surface area contributed by atoms with Crippen LogP contribution in [0.4, 0.5) is 5.69 Å². The van der Waals surface area contributed by atoms with Crippen molar-refractivity contribution < 1.29 is 9.59 Å². The van der Waals surface area contributed by atoms with Crippen LogP contribution in [0.2, 0.25) is 0 Å². The van der Waals surface area contributed by atoms with E-state index in [9.17, 15) is 9.59 Å². The van der Waals surface area contributed by atoms with Crippen molar-refractivity contribution in [3.8, 4) is 0 Å². The molecule has 0 saturated carbocycles. The Labute approximate surface area is 125 Å². The highest BCUT2D eigenvalue weighted by molar-refractivity contribution is 5.98. The van der Waals surface area contributed by atoms with Gasteiger partial charge in [-0.2, -0.15) is 0 Å². The average Bonchev–Trinajstić information content (AvgIpc) is 2.46. The Kier molecular flexibility index (Phi) is 4.83. The third-order valence-electron chi connectivity index (χ3n) is 3.75. The number of carbonyl (C=O) groups is 2. The highest BCUT2D eigenvalue weighted by Crippen LogP contribution is 2.13. The Balaban J connectivity index is 1.99. The molecule has 1 aliphatic rings. The summed E-state index contributed by atoms with van der Waals surface area (Å²) in [6, 6.07) is 4.68. The van der Waals surface area contributed by atoms with Gasteiger partial charge in [-0.15, -0.1) is 0 Å². The number of benzene rings is 1. The molecular weight excluding hydrogens is 266 g/mol.